The summed E-state index contributed by atoms with van der Waals surface area (Å²) in [5, 5.41) is 4.68. The van der Waals surface area contributed by atoms with E-state index in [1.807, 2.05) is 17.8 Å². The van der Waals surface area contributed by atoms with Gasteiger partial charge < -0.3 is 11.1 Å². The number of nitrogens with two attached hydrogens (primary N) is 1. The van der Waals surface area contributed by atoms with Gasteiger partial charge in [-0.1, -0.05) is 11.6 Å². The van der Waals surface area contributed by atoms with E-state index in [0.717, 1.165) is 17.9 Å². The first-order valence-corrected chi connectivity index (χ1v) is 8.52. The summed E-state index contributed by atoms with van der Waals surface area (Å²) in [6.45, 7) is 0. The highest BCUT2D eigenvalue weighted by molar-refractivity contribution is 7.99. The lowest BCUT2D eigenvalue weighted by molar-refractivity contribution is 0.311. The Bertz CT molecular complexity index is 444. The Kier molecular flexibility index (Phi) is 4.37. The van der Waals surface area contributed by atoms with Crippen LogP contribution in [0.1, 0.15) is 43.7 Å². The number of thioether (sulfide) groups is 1. The number of benzene rings is 1. The van der Waals surface area contributed by atoms with Crippen LogP contribution in [0.15, 0.2) is 23.1 Å². The number of hydrogen-bond acceptors (Lipinski definition) is 3. The van der Waals surface area contributed by atoms with Crippen LogP contribution in [-0.4, -0.2) is 17.8 Å². The zero-order valence-corrected chi connectivity index (χ0v) is 12.6. The molecule has 19 heavy (non-hydrogen) atoms. The average Bonchev–Trinajstić information content (AvgIpc) is 2.42. The molecule has 104 valence electrons. The quantitative estimate of drug-likeness (QED) is 0.873. The van der Waals surface area contributed by atoms with Crippen LogP contribution in [0.4, 0.5) is 0 Å². The van der Waals surface area contributed by atoms with Gasteiger partial charge in [-0.15, -0.1) is 11.8 Å². The molecule has 0 amide bonds. The van der Waals surface area contributed by atoms with Crippen molar-refractivity contribution in [3.05, 3.63) is 28.8 Å². The summed E-state index contributed by atoms with van der Waals surface area (Å²) in [4.78, 5) is 1.39. The Morgan fingerprint density at radius 3 is 2.74 bits per heavy atom. The van der Waals surface area contributed by atoms with E-state index < -0.39 is 0 Å². The molecule has 1 aromatic rings. The number of fused-ring (bicyclic) bond motifs is 1. The topological polar surface area (TPSA) is 38.0 Å². The fourth-order valence-electron chi connectivity index (χ4n) is 3.11. The molecule has 1 aliphatic carbocycles. The van der Waals surface area contributed by atoms with Crippen molar-refractivity contribution in [2.45, 2.75) is 55.1 Å². The molecule has 0 saturated heterocycles. The van der Waals surface area contributed by atoms with Gasteiger partial charge in [-0.25, -0.2) is 0 Å². The Morgan fingerprint density at radius 1 is 1.16 bits per heavy atom. The van der Waals surface area contributed by atoms with Gasteiger partial charge in [0.05, 0.1) is 0 Å². The predicted octanol–water partition coefficient (Wildman–Crippen LogP) is 3.74. The molecule has 1 aliphatic heterocycles. The van der Waals surface area contributed by atoms with Gasteiger partial charge in [0.15, 0.2) is 0 Å². The zero-order chi connectivity index (χ0) is 13.2. The van der Waals surface area contributed by atoms with Crippen molar-refractivity contribution in [3.63, 3.8) is 0 Å². The van der Waals surface area contributed by atoms with Crippen LogP contribution in [0, 0.1) is 0 Å². The summed E-state index contributed by atoms with van der Waals surface area (Å²) in [7, 11) is 0. The smallest absolute Gasteiger partial charge is 0.0410 e. The Balaban J connectivity index is 1.71. The van der Waals surface area contributed by atoms with Gasteiger partial charge in [-0.2, -0.15) is 0 Å². The van der Waals surface area contributed by atoms with E-state index in [9.17, 15) is 0 Å². The lowest BCUT2D eigenvalue weighted by Crippen LogP contribution is -2.40. The molecular formula is C15H21ClN2S. The fourth-order valence-corrected chi connectivity index (χ4v) is 4.39. The SMILES string of the molecule is NC1CCC(NC2CCSc3ccc(Cl)cc32)CC1. The molecule has 4 heteroatoms. The van der Waals surface area contributed by atoms with Crippen LogP contribution in [0.25, 0.3) is 0 Å². The van der Waals surface area contributed by atoms with Crippen LogP contribution in [0.3, 0.4) is 0 Å². The van der Waals surface area contributed by atoms with Gasteiger partial charge in [0.25, 0.3) is 0 Å². The van der Waals surface area contributed by atoms with Gasteiger partial charge >= 0.3 is 0 Å². The van der Waals surface area contributed by atoms with Crippen LogP contribution in [0.2, 0.25) is 5.02 Å². The third-order valence-electron chi connectivity index (χ3n) is 4.22. The van der Waals surface area contributed by atoms with E-state index in [1.165, 1.54) is 35.5 Å². The third kappa shape index (κ3) is 3.27. The molecule has 1 atom stereocenters. The molecule has 0 bridgehead atoms. The van der Waals surface area contributed by atoms with Crippen molar-refractivity contribution in [2.75, 3.05) is 5.75 Å². The molecule has 1 aromatic carbocycles. The Labute approximate surface area is 124 Å². The van der Waals surface area contributed by atoms with Gasteiger partial charge in [0.2, 0.25) is 0 Å². The number of hydrogen-bond donors (Lipinski definition) is 2. The van der Waals surface area contributed by atoms with E-state index in [1.54, 1.807) is 0 Å². The summed E-state index contributed by atoms with van der Waals surface area (Å²) in [5.74, 6) is 1.19. The van der Waals surface area contributed by atoms with Gasteiger partial charge in [0, 0.05) is 28.0 Å². The van der Waals surface area contributed by atoms with E-state index >= 15 is 0 Å². The standard InChI is InChI=1S/C15H21ClN2S/c16-10-1-6-15-13(9-10)14(7-8-19-15)18-12-4-2-11(17)3-5-12/h1,6,9,11-12,14,18H,2-5,7-8,17H2. The third-order valence-corrected chi connectivity index (χ3v) is 5.58. The minimum Gasteiger partial charge on any atom is -0.328 e. The van der Waals surface area contributed by atoms with Gasteiger partial charge in [-0.3, -0.25) is 0 Å². The minimum atomic E-state index is 0.418. The maximum absolute atomic E-state index is 6.15. The molecule has 0 radical (unpaired) electrons. The molecule has 1 unspecified atom stereocenters. The zero-order valence-electron chi connectivity index (χ0n) is 11.1. The van der Waals surface area contributed by atoms with Crippen LogP contribution < -0.4 is 11.1 Å². The van der Waals surface area contributed by atoms with E-state index in [4.69, 9.17) is 17.3 Å². The highest BCUT2D eigenvalue weighted by Gasteiger charge is 2.25. The summed E-state index contributed by atoms with van der Waals surface area (Å²) in [5.41, 5.74) is 7.37. The minimum absolute atomic E-state index is 0.418. The number of nitrogens with one attached hydrogen (secondary N) is 1. The van der Waals surface area contributed by atoms with E-state index in [-0.39, 0.29) is 0 Å². The van der Waals surface area contributed by atoms with Crippen LogP contribution >= 0.6 is 23.4 Å². The summed E-state index contributed by atoms with van der Waals surface area (Å²) >= 11 is 8.10. The van der Waals surface area contributed by atoms with Gasteiger partial charge in [0.1, 0.15) is 0 Å². The number of halogens is 1. The fraction of sp³-hybridized carbons (Fsp3) is 0.600. The average molecular weight is 297 g/mol. The summed E-state index contributed by atoms with van der Waals surface area (Å²) < 4.78 is 0. The van der Waals surface area contributed by atoms with Crippen molar-refractivity contribution in [3.8, 4) is 0 Å². The lowest BCUT2D eigenvalue weighted by Gasteiger charge is -2.33. The summed E-state index contributed by atoms with van der Waals surface area (Å²) in [6, 6.07) is 7.80. The van der Waals surface area contributed by atoms with Crippen molar-refractivity contribution in [2.24, 2.45) is 5.73 Å². The molecular weight excluding hydrogens is 276 g/mol. The normalized spacial score (nSPS) is 30.9. The molecule has 2 nitrogen and oxygen atoms in total. The van der Waals surface area contributed by atoms with E-state index in [0.29, 0.717) is 18.1 Å². The Hall–Kier alpha value is -0.220. The monoisotopic (exact) mass is 296 g/mol. The van der Waals surface area contributed by atoms with Crippen LogP contribution in [0.5, 0.6) is 0 Å². The van der Waals surface area contributed by atoms with Crippen molar-refractivity contribution in [1.29, 1.82) is 0 Å². The summed E-state index contributed by atoms with van der Waals surface area (Å²) in [6.07, 6.45) is 5.92. The number of rotatable bonds is 2. The van der Waals surface area contributed by atoms with Gasteiger partial charge in [-0.05, 0) is 61.6 Å². The molecule has 1 heterocycles. The molecule has 1 saturated carbocycles. The Morgan fingerprint density at radius 2 is 1.95 bits per heavy atom. The molecule has 0 spiro atoms. The maximum Gasteiger partial charge on any atom is 0.0410 e. The highest BCUT2D eigenvalue weighted by Crippen LogP contribution is 2.38. The molecule has 3 rings (SSSR count). The predicted molar refractivity (Wildman–Crippen MR) is 82.9 cm³/mol. The molecule has 1 fully saturated rings. The second kappa shape index (κ2) is 6.04. The van der Waals surface area contributed by atoms with Crippen molar-refractivity contribution in [1.82, 2.24) is 5.32 Å². The van der Waals surface area contributed by atoms with Crippen molar-refractivity contribution < 1.29 is 0 Å². The molecule has 2 aliphatic rings. The van der Waals surface area contributed by atoms with Crippen LogP contribution in [-0.2, 0) is 0 Å². The van der Waals surface area contributed by atoms with Crippen molar-refractivity contribution >= 4 is 23.4 Å². The second-order valence-corrected chi connectivity index (χ2v) is 7.22. The second-order valence-electron chi connectivity index (χ2n) is 5.65. The molecule has 3 N–H and O–H groups in total. The lowest BCUT2D eigenvalue weighted by atomic mass is 9.90. The largest absolute Gasteiger partial charge is 0.328 e. The molecule has 0 aromatic heterocycles. The first-order chi connectivity index (χ1) is 9.22. The first-order valence-electron chi connectivity index (χ1n) is 7.16. The highest BCUT2D eigenvalue weighted by atomic mass is 35.5. The maximum atomic E-state index is 6.15. The van der Waals surface area contributed by atoms with E-state index in [2.05, 4.69) is 17.4 Å². The first kappa shape index (κ1) is 13.7.